The van der Waals surface area contributed by atoms with E-state index in [9.17, 15) is 9.59 Å². The topological polar surface area (TPSA) is 49.9 Å². The summed E-state index contributed by atoms with van der Waals surface area (Å²) in [6.07, 6.45) is 0.855. The maximum atomic E-state index is 13.1. The molecule has 1 atom stereocenters. The average Bonchev–Trinajstić information content (AvgIpc) is 2.73. The van der Waals surface area contributed by atoms with Gasteiger partial charge in [-0.25, -0.2) is 0 Å². The largest absolute Gasteiger partial charge is 0.361 e. The van der Waals surface area contributed by atoms with Gasteiger partial charge in [0.15, 0.2) is 5.60 Å². The van der Waals surface area contributed by atoms with Crippen molar-refractivity contribution in [1.82, 2.24) is 9.80 Å². The molecule has 5 heteroatoms. The third kappa shape index (κ3) is 4.25. The second-order valence-electron chi connectivity index (χ2n) is 7.45. The molecule has 2 aromatic rings. The number of nitrogens with zero attached hydrogens (tertiary/aromatic N) is 2. The Bertz CT molecular complexity index is 835. The molecular formula is C23H28N2O3. The Hall–Kier alpha value is -2.66. The number of ether oxygens (including phenoxy) is 1. The molecule has 28 heavy (non-hydrogen) atoms. The molecule has 1 aliphatic heterocycles. The van der Waals surface area contributed by atoms with Gasteiger partial charge in [-0.2, -0.15) is 0 Å². The van der Waals surface area contributed by atoms with E-state index in [1.165, 1.54) is 0 Å². The van der Waals surface area contributed by atoms with E-state index < -0.39 is 5.60 Å². The summed E-state index contributed by atoms with van der Waals surface area (Å²) >= 11 is 0. The van der Waals surface area contributed by atoms with Gasteiger partial charge in [0.05, 0.1) is 13.2 Å². The van der Waals surface area contributed by atoms with Crippen LogP contribution in [0.15, 0.2) is 54.6 Å². The first kappa shape index (κ1) is 20.1. The molecule has 2 amide bonds. The van der Waals surface area contributed by atoms with Gasteiger partial charge in [-0.15, -0.1) is 0 Å². The summed E-state index contributed by atoms with van der Waals surface area (Å²) in [4.78, 5) is 28.7. The van der Waals surface area contributed by atoms with Crippen LogP contribution in [0.1, 0.15) is 18.9 Å². The number of carbonyl (C=O) groups excluding carboxylic acids is 2. The van der Waals surface area contributed by atoms with Crippen LogP contribution in [0.3, 0.4) is 0 Å². The smallest absolute Gasteiger partial charge is 0.256 e. The van der Waals surface area contributed by atoms with E-state index in [0.29, 0.717) is 26.0 Å². The Morgan fingerprint density at radius 1 is 1.07 bits per heavy atom. The van der Waals surface area contributed by atoms with Crippen LogP contribution in [-0.4, -0.2) is 61.0 Å². The van der Waals surface area contributed by atoms with Gasteiger partial charge in [0.2, 0.25) is 5.91 Å². The predicted octanol–water partition coefficient (Wildman–Crippen LogP) is 2.99. The summed E-state index contributed by atoms with van der Waals surface area (Å²) in [6.45, 7) is 3.02. The molecule has 148 valence electrons. The fourth-order valence-corrected chi connectivity index (χ4v) is 3.76. The molecule has 1 heterocycles. The molecule has 5 nitrogen and oxygen atoms in total. The van der Waals surface area contributed by atoms with Gasteiger partial charge >= 0.3 is 0 Å². The van der Waals surface area contributed by atoms with Crippen molar-refractivity contribution in [3.05, 3.63) is 60.2 Å². The molecule has 0 spiro atoms. The fraction of sp³-hybridized carbons (Fsp3) is 0.391. The lowest BCUT2D eigenvalue weighted by Crippen LogP contribution is -2.61. The minimum atomic E-state index is -1.05. The lowest BCUT2D eigenvalue weighted by atomic mass is 9.89. The number of rotatable bonds is 5. The van der Waals surface area contributed by atoms with Crippen molar-refractivity contribution in [2.24, 2.45) is 0 Å². The van der Waals surface area contributed by atoms with Crippen LogP contribution in [-0.2, 0) is 20.7 Å². The highest BCUT2D eigenvalue weighted by Gasteiger charge is 2.45. The molecule has 2 aromatic carbocycles. The number of amides is 2. The van der Waals surface area contributed by atoms with Gasteiger partial charge in [-0.1, -0.05) is 61.5 Å². The minimum absolute atomic E-state index is 0.0530. The Kier molecular flexibility index (Phi) is 6.15. The van der Waals surface area contributed by atoms with Crippen molar-refractivity contribution >= 4 is 11.8 Å². The van der Waals surface area contributed by atoms with Crippen LogP contribution in [0, 0.1) is 0 Å². The van der Waals surface area contributed by atoms with Crippen molar-refractivity contribution in [2.75, 3.05) is 33.8 Å². The first-order chi connectivity index (χ1) is 13.4. The van der Waals surface area contributed by atoms with Crippen LogP contribution < -0.4 is 0 Å². The van der Waals surface area contributed by atoms with Crippen LogP contribution in [0.4, 0.5) is 0 Å². The monoisotopic (exact) mass is 380 g/mol. The molecule has 0 N–H and O–H groups in total. The summed E-state index contributed by atoms with van der Waals surface area (Å²) in [6, 6.07) is 18.3. The zero-order valence-electron chi connectivity index (χ0n) is 16.9. The van der Waals surface area contributed by atoms with Gasteiger partial charge in [0.25, 0.3) is 5.91 Å². The second kappa shape index (κ2) is 8.57. The summed E-state index contributed by atoms with van der Waals surface area (Å²) in [5.74, 6) is -0.0523. The summed E-state index contributed by atoms with van der Waals surface area (Å²) < 4.78 is 6.08. The number of morpholine rings is 1. The van der Waals surface area contributed by atoms with Crippen LogP contribution in [0.2, 0.25) is 0 Å². The predicted molar refractivity (Wildman–Crippen MR) is 110 cm³/mol. The van der Waals surface area contributed by atoms with E-state index in [4.69, 9.17) is 4.74 Å². The van der Waals surface area contributed by atoms with Crippen molar-refractivity contribution in [2.45, 2.75) is 25.4 Å². The van der Waals surface area contributed by atoms with E-state index in [2.05, 4.69) is 24.3 Å². The van der Waals surface area contributed by atoms with E-state index in [1.807, 2.05) is 37.3 Å². The van der Waals surface area contributed by atoms with Crippen molar-refractivity contribution in [3.63, 3.8) is 0 Å². The number of carbonyl (C=O) groups is 2. The van der Waals surface area contributed by atoms with Crippen LogP contribution >= 0.6 is 0 Å². The van der Waals surface area contributed by atoms with E-state index in [-0.39, 0.29) is 18.4 Å². The Morgan fingerprint density at radius 3 is 2.46 bits per heavy atom. The number of benzene rings is 2. The molecule has 1 aliphatic rings. The van der Waals surface area contributed by atoms with E-state index in [1.54, 1.807) is 23.9 Å². The standard InChI is InChI=1S/C23H28N2O3/c1-4-21(26)25-13-14-28-23(17-25,22(27)24(2)3)16-18-9-8-12-20(15-18)19-10-6-5-7-11-19/h5-12,15H,4,13-14,16-17H2,1-3H3. The van der Waals surface area contributed by atoms with Crippen molar-refractivity contribution < 1.29 is 14.3 Å². The van der Waals surface area contributed by atoms with E-state index >= 15 is 0 Å². The quantitative estimate of drug-likeness (QED) is 0.801. The Labute approximate surface area is 166 Å². The molecule has 1 unspecified atom stereocenters. The Balaban J connectivity index is 1.92. The number of hydrogen-bond acceptors (Lipinski definition) is 3. The third-order valence-corrected chi connectivity index (χ3v) is 5.16. The van der Waals surface area contributed by atoms with Gasteiger partial charge in [0, 0.05) is 33.5 Å². The lowest BCUT2D eigenvalue weighted by molar-refractivity contribution is -0.172. The molecular weight excluding hydrogens is 352 g/mol. The highest BCUT2D eigenvalue weighted by Crippen LogP contribution is 2.28. The normalized spacial score (nSPS) is 19.3. The molecule has 0 saturated carbocycles. The van der Waals surface area contributed by atoms with Crippen molar-refractivity contribution in [1.29, 1.82) is 0 Å². The molecule has 1 saturated heterocycles. The summed E-state index contributed by atoms with van der Waals surface area (Å²) in [5, 5.41) is 0. The first-order valence-corrected chi connectivity index (χ1v) is 9.73. The van der Waals surface area contributed by atoms with Crippen molar-refractivity contribution in [3.8, 4) is 11.1 Å². The Morgan fingerprint density at radius 2 is 1.79 bits per heavy atom. The summed E-state index contributed by atoms with van der Waals surface area (Å²) in [5.41, 5.74) is 2.19. The number of hydrogen-bond donors (Lipinski definition) is 0. The zero-order valence-corrected chi connectivity index (χ0v) is 16.9. The lowest BCUT2D eigenvalue weighted by Gasteiger charge is -2.43. The summed E-state index contributed by atoms with van der Waals surface area (Å²) in [7, 11) is 3.46. The van der Waals surface area contributed by atoms with Crippen LogP contribution in [0.25, 0.3) is 11.1 Å². The third-order valence-electron chi connectivity index (χ3n) is 5.16. The molecule has 0 aliphatic carbocycles. The highest BCUT2D eigenvalue weighted by molar-refractivity contribution is 5.87. The van der Waals surface area contributed by atoms with Gasteiger partial charge in [-0.3, -0.25) is 9.59 Å². The fourth-order valence-electron chi connectivity index (χ4n) is 3.76. The van der Waals surface area contributed by atoms with Gasteiger partial charge in [0.1, 0.15) is 0 Å². The molecule has 0 bridgehead atoms. The minimum Gasteiger partial charge on any atom is -0.361 e. The zero-order chi connectivity index (χ0) is 20.1. The molecule has 0 aromatic heterocycles. The van der Waals surface area contributed by atoms with Gasteiger partial charge in [-0.05, 0) is 16.7 Å². The SMILES string of the molecule is CCC(=O)N1CCOC(Cc2cccc(-c3ccccc3)c2)(C(=O)N(C)C)C1. The van der Waals surface area contributed by atoms with Gasteiger partial charge < -0.3 is 14.5 Å². The highest BCUT2D eigenvalue weighted by atomic mass is 16.5. The average molecular weight is 380 g/mol. The first-order valence-electron chi connectivity index (χ1n) is 9.73. The molecule has 3 rings (SSSR count). The van der Waals surface area contributed by atoms with Crippen LogP contribution in [0.5, 0.6) is 0 Å². The maximum Gasteiger partial charge on any atom is 0.256 e. The van der Waals surface area contributed by atoms with E-state index in [0.717, 1.165) is 16.7 Å². The number of likely N-dealkylation sites (N-methyl/N-ethyl adjacent to an activating group) is 1. The molecule has 0 radical (unpaired) electrons. The maximum absolute atomic E-state index is 13.1. The molecule has 1 fully saturated rings. The second-order valence-corrected chi connectivity index (χ2v) is 7.45.